The Kier molecular flexibility index (Phi) is 4.90. The Labute approximate surface area is 146 Å². The molecule has 0 radical (unpaired) electrons. The van der Waals surface area contributed by atoms with Gasteiger partial charge >= 0.3 is 0 Å². The van der Waals surface area contributed by atoms with Crippen LogP contribution in [0.1, 0.15) is 47.3 Å². The number of hydrogen-bond acceptors (Lipinski definition) is 7. The summed E-state index contributed by atoms with van der Waals surface area (Å²) in [6, 6.07) is 0. The fourth-order valence-corrected chi connectivity index (χ4v) is 5.16. The van der Waals surface area contributed by atoms with E-state index in [2.05, 4.69) is 15.1 Å². The van der Waals surface area contributed by atoms with E-state index in [-0.39, 0.29) is 17.4 Å². The van der Waals surface area contributed by atoms with Crippen LogP contribution in [0.3, 0.4) is 0 Å². The van der Waals surface area contributed by atoms with Crippen LogP contribution < -0.4 is 0 Å². The van der Waals surface area contributed by atoms with E-state index in [1.165, 1.54) is 4.31 Å². The summed E-state index contributed by atoms with van der Waals surface area (Å²) >= 11 is 0. The molecule has 1 fully saturated rings. The topological polar surface area (TPSA) is 109 Å². The van der Waals surface area contributed by atoms with Gasteiger partial charge in [-0.3, -0.25) is 0 Å². The fourth-order valence-electron chi connectivity index (χ4n) is 3.34. The molecule has 0 bridgehead atoms. The zero-order valence-corrected chi connectivity index (χ0v) is 15.4. The number of sulfonamides is 1. The second kappa shape index (κ2) is 6.81. The van der Waals surface area contributed by atoms with Crippen molar-refractivity contribution in [2.24, 2.45) is 0 Å². The molecule has 25 heavy (non-hydrogen) atoms. The van der Waals surface area contributed by atoms with E-state index < -0.39 is 10.0 Å². The number of hydrogen-bond donors (Lipinski definition) is 1. The summed E-state index contributed by atoms with van der Waals surface area (Å²) in [7, 11) is -3.68. The molecular weight excluding hydrogens is 344 g/mol. The molecule has 0 aromatic carbocycles. The average Bonchev–Trinajstić information content (AvgIpc) is 2.94. The molecule has 1 N–H and O–H groups in total. The van der Waals surface area contributed by atoms with E-state index in [0.29, 0.717) is 35.9 Å². The van der Waals surface area contributed by atoms with Gasteiger partial charge in [0, 0.05) is 30.8 Å². The monoisotopic (exact) mass is 366 g/mol. The SMILES string of the molecule is Cc1ncc(CO)c(C2CCCN(S(=O)(=O)c3c(C)noc3C)C2)n1. The zero-order valence-electron chi connectivity index (χ0n) is 14.6. The lowest BCUT2D eigenvalue weighted by Gasteiger charge is -2.32. The molecule has 1 atom stereocenters. The molecule has 0 amide bonds. The first-order valence-corrected chi connectivity index (χ1v) is 9.65. The van der Waals surface area contributed by atoms with Crippen LogP contribution in [-0.2, 0) is 16.6 Å². The third-order valence-corrected chi connectivity index (χ3v) is 6.64. The third kappa shape index (κ3) is 3.31. The first-order chi connectivity index (χ1) is 11.8. The minimum absolute atomic E-state index is 0.0761. The van der Waals surface area contributed by atoms with Crippen molar-refractivity contribution in [3.63, 3.8) is 0 Å². The Bertz CT molecular complexity index is 859. The molecule has 0 spiro atoms. The van der Waals surface area contributed by atoms with Crippen molar-refractivity contribution in [3.05, 3.63) is 34.7 Å². The molecular formula is C16H22N4O4S. The predicted molar refractivity (Wildman–Crippen MR) is 89.4 cm³/mol. The normalized spacial score (nSPS) is 19.3. The van der Waals surface area contributed by atoms with Gasteiger partial charge < -0.3 is 9.63 Å². The number of aryl methyl sites for hydroxylation is 3. The highest BCUT2D eigenvalue weighted by molar-refractivity contribution is 7.89. The lowest BCUT2D eigenvalue weighted by Crippen LogP contribution is -2.40. The fraction of sp³-hybridized carbons (Fsp3) is 0.562. The van der Waals surface area contributed by atoms with Crippen LogP contribution in [0, 0.1) is 20.8 Å². The summed E-state index contributed by atoms with van der Waals surface area (Å²) < 4.78 is 32.6. The average molecular weight is 366 g/mol. The van der Waals surface area contributed by atoms with Gasteiger partial charge in [0.2, 0.25) is 10.0 Å². The largest absolute Gasteiger partial charge is 0.392 e. The third-order valence-electron chi connectivity index (χ3n) is 4.53. The van der Waals surface area contributed by atoms with Gasteiger partial charge in [-0.1, -0.05) is 5.16 Å². The van der Waals surface area contributed by atoms with Crippen molar-refractivity contribution in [3.8, 4) is 0 Å². The maximum Gasteiger partial charge on any atom is 0.248 e. The van der Waals surface area contributed by atoms with Crippen molar-refractivity contribution in [2.75, 3.05) is 13.1 Å². The summed E-state index contributed by atoms with van der Waals surface area (Å²) in [4.78, 5) is 8.72. The molecule has 3 rings (SSSR count). The number of rotatable bonds is 4. The second-order valence-corrected chi connectivity index (χ2v) is 8.22. The highest BCUT2D eigenvalue weighted by atomic mass is 32.2. The molecule has 1 saturated heterocycles. The number of aliphatic hydroxyl groups is 1. The molecule has 3 heterocycles. The molecule has 0 aliphatic carbocycles. The summed E-state index contributed by atoms with van der Waals surface area (Å²) in [6.07, 6.45) is 3.15. The molecule has 8 nitrogen and oxygen atoms in total. The first kappa shape index (κ1) is 18.0. The number of aliphatic hydroxyl groups excluding tert-OH is 1. The molecule has 0 saturated carbocycles. The van der Waals surface area contributed by atoms with Crippen LogP contribution in [0.5, 0.6) is 0 Å². The maximum absolute atomic E-state index is 13.0. The molecule has 2 aromatic heterocycles. The van der Waals surface area contributed by atoms with Crippen LogP contribution in [0.15, 0.2) is 15.6 Å². The van der Waals surface area contributed by atoms with Crippen molar-refractivity contribution in [1.29, 1.82) is 0 Å². The summed E-state index contributed by atoms with van der Waals surface area (Å²) in [5.41, 5.74) is 1.74. The highest BCUT2D eigenvalue weighted by Crippen LogP contribution is 2.32. The highest BCUT2D eigenvalue weighted by Gasteiger charge is 2.35. The Balaban J connectivity index is 1.93. The van der Waals surface area contributed by atoms with Crippen LogP contribution in [0.2, 0.25) is 0 Å². The minimum atomic E-state index is -3.68. The van der Waals surface area contributed by atoms with E-state index in [9.17, 15) is 13.5 Å². The summed E-state index contributed by atoms with van der Waals surface area (Å²) in [5, 5.41) is 13.3. The quantitative estimate of drug-likeness (QED) is 0.872. The van der Waals surface area contributed by atoms with Crippen molar-refractivity contribution in [1.82, 2.24) is 19.4 Å². The van der Waals surface area contributed by atoms with E-state index in [0.717, 1.165) is 18.5 Å². The van der Waals surface area contributed by atoms with E-state index in [4.69, 9.17) is 4.52 Å². The van der Waals surface area contributed by atoms with Crippen LogP contribution in [0.4, 0.5) is 0 Å². The van der Waals surface area contributed by atoms with Crippen LogP contribution >= 0.6 is 0 Å². The lowest BCUT2D eigenvalue weighted by atomic mass is 9.93. The Morgan fingerprint density at radius 2 is 2.12 bits per heavy atom. The van der Waals surface area contributed by atoms with Crippen molar-refractivity contribution in [2.45, 2.75) is 51.0 Å². The van der Waals surface area contributed by atoms with Gasteiger partial charge in [-0.05, 0) is 33.6 Å². The van der Waals surface area contributed by atoms with Crippen LogP contribution in [0.25, 0.3) is 0 Å². The Morgan fingerprint density at radius 1 is 1.36 bits per heavy atom. The molecule has 1 aliphatic heterocycles. The first-order valence-electron chi connectivity index (χ1n) is 8.21. The Hall–Kier alpha value is -1.84. The second-order valence-electron chi connectivity index (χ2n) is 6.34. The number of nitrogens with zero attached hydrogens (tertiary/aromatic N) is 4. The Morgan fingerprint density at radius 3 is 2.76 bits per heavy atom. The van der Waals surface area contributed by atoms with Gasteiger partial charge in [-0.15, -0.1) is 0 Å². The predicted octanol–water partition coefficient (Wildman–Crippen LogP) is 1.45. The summed E-state index contributed by atoms with van der Waals surface area (Å²) in [6.45, 7) is 5.61. The lowest BCUT2D eigenvalue weighted by molar-refractivity contribution is 0.272. The van der Waals surface area contributed by atoms with Gasteiger partial charge in [0.25, 0.3) is 0 Å². The van der Waals surface area contributed by atoms with Crippen molar-refractivity contribution >= 4 is 10.0 Å². The van der Waals surface area contributed by atoms with E-state index in [1.54, 1.807) is 27.0 Å². The molecule has 1 aliphatic rings. The molecule has 136 valence electrons. The molecule has 9 heteroatoms. The van der Waals surface area contributed by atoms with Crippen LogP contribution in [-0.4, -0.2) is 46.0 Å². The summed E-state index contributed by atoms with van der Waals surface area (Å²) in [5.74, 6) is 0.833. The van der Waals surface area contributed by atoms with Gasteiger partial charge in [0.05, 0.1) is 12.3 Å². The number of aromatic nitrogens is 3. The number of piperidine rings is 1. The van der Waals surface area contributed by atoms with Gasteiger partial charge in [-0.2, -0.15) is 4.31 Å². The van der Waals surface area contributed by atoms with Gasteiger partial charge in [0.15, 0.2) is 5.76 Å². The van der Waals surface area contributed by atoms with Crippen molar-refractivity contribution < 1.29 is 18.0 Å². The van der Waals surface area contributed by atoms with Gasteiger partial charge in [-0.25, -0.2) is 18.4 Å². The molecule has 2 aromatic rings. The smallest absolute Gasteiger partial charge is 0.248 e. The van der Waals surface area contributed by atoms with Gasteiger partial charge in [0.1, 0.15) is 16.4 Å². The molecule has 1 unspecified atom stereocenters. The minimum Gasteiger partial charge on any atom is -0.392 e. The zero-order chi connectivity index (χ0) is 18.2. The van der Waals surface area contributed by atoms with E-state index in [1.807, 2.05) is 0 Å². The standard InChI is InChI=1S/C16H22N4O4S/c1-10-16(11(2)24-19-10)25(22,23)20-6-4-5-13(8-20)15-14(9-21)7-17-12(3)18-15/h7,13,21H,4-6,8-9H2,1-3H3. The van der Waals surface area contributed by atoms with E-state index >= 15 is 0 Å². The maximum atomic E-state index is 13.0.